The summed E-state index contributed by atoms with van der Waals surface area (Å²) in [7, 11) is 0. The van der Waals surface area contributed by atoms with Crippen LogP contribution in [0.1, 0.15) is 12.8 Å². The van der Waals surface area contributed by atoms with Crippen molar-refractivity contribution in [3.63, 3.8) is 0 Å². The molecule has 14 heavy (non-hydrogen) atoms. The average molecular weight is 199 g/mol. The van der Waals surface area contributed by atoms with Gasteiger partial charge in [0.15, 0.2) is 11.6 Å². The zero-order chi connectivity index (χ0) is 10.2. The van der Waals surface area contributed by atoms with Gasteiger partial charge in [-0.1, -0.05) is 0 Å². The van der Waals surface area contributed by atoms with Crippen LogP contribution in [0.15, 0.2) is 18.2 Å². The third-order valence-corrected chi connectivity index (χ3v) is 2.30. The van der Waals surface area contributed by atoms with Crippen LogP contribution in [0.3, 0.4) is 0 Å². The van der Waals surface area contributed by atoms with Crippen LogP contribution in [0.25, 0.3) is 0 Å². The topological polar surface area (TPSA) is 35.2 Å². The Hall–Kier alpha value is -1.16. The molecule has 1 aliphatic carbocycles. The highest BCUT2D eigenvalue weighted by Crippen LogP contribution is 2.33. The van der Waals surface area contributed by atoms with E-state index in [0.717, 1.165) is 31.0 Å². The molecule has 1 aromatic carbocycles. The van der Waals surface area contributed by atoms with Crippen molar-refractivity contribution in [3.8, 4) is 5.75 Å². The lowest BCUT2D eigenvalue weighted by atomic mass is 10.3. The average Bonchev–Trinajstić information content (AvgIpc) is 2.87. The minimum absolute atomic E-state index is 0.0678. The zero-order valence-corrected chi connectivity index (χ0v) is 7.59. The number of ether oxygens (including phenoxy) is 1. The first kappa shape index (κ1) is 9.40. The summed E-state index contributed by atoms with van der Waals surface area (Å²) in [5.74, 6) is -1.14. The molecule has 1 aromatic rings. The summed E-state index contributed by atoms with van der Waals surface area (Å²) in [5.41, 5.74) is 5.42. The number of rotatable bonds is 3. The number of benzene rings is 1. The second kappa shape index (κ2) is 3.20. The van der Waals surface area contributed by atoms with Crippen LogP contribution in [0.4, 0.5) is 8.78 Å². The van der Waals surface area contributed by atoms with E-state index in [4.69, 9.17) is 10.5 Å². The summed E-state index contributed by atoms with van der Waals surface area (Å²) in [6.45, 7) is 0.243. The van der Waals surface area contributed by atoms with Gasteiger partial charge in [0.05, 0.1) is 5.54 Å². The molecule has 0 aromatic heterocycles. The van der Waals surface area contributed by atoms with Crippen molar-refractivity contribution < 1.29 is 13.5 Å². The lowest BCUT2D eigenvalue weighted by Crippen LogP contribution is -2.30. The molecule has 0 unspecified atom stereocenters. The molecule has 0 radical (unpaired) electrons. The third kappa shape index (κ3) is 2.01. The lowest BCUT2D eigenvalue weighted by Gasteiger charge is -2.11. The maximum Gasteiger partial charge on any atom is 0.165 e. The molecule has 0 atom stereocenters. The van der Waals surface area contributed by atoms with E-state index in [2.05, 4.69) is 0 Å². The van der Waals surface area contributed by atoms with Gasteiger partial charge in [0.1, 0.15) is 12.4 Å². The predicted octanol–water partition coefficient (Wildman–Crippen LogP) is 1.83. The Bertz CT molecular complexity index is 350. The SMILES string of the molecule is NC1(COc2cc(F)ccc2F)CC1. The molecule has 0 heterocycles. The summed E-state index contributed by atoms with van der Waals surface area (Å²) < 4.78 is 30.8. The largest absolute Gasteiger partial charge is 0.488 e. The van der Waals surface area contributed by atoms with Crippen molar-refractivity contribution in [2.75, 3.05) is 6.61 Å². The molecule has 76 valence electrons. The molecular formula is C10H11F2NO. The second-order valence-corrected chi connectivity index (χ2v) is 3.73. The van der Waals surface area contributed by atoms with Crippen LogP contribution in [-0.4, -0.2) is 12.1 Å². The van der Waals surface area contributed by atoms with Crippen LogP contribution in [0.2, 0.25) is 0 Å². The summed E-state index contributed by atoms with van der Waals surface area (Å²) in [4.78, 5) is 0. The highest BCUT2D eigenvalue weighted by Gasteiger charge is 2.39. The van der Waals surface area contributed by atoms with Crippen LogP contribution < -0.4 is 10.5 Å². The summed E-state index contributed by atoms with van der Waals surface area (Å²) in [6.07, 6.45) is 1.76. The summed E-state index contributed by atoms with van der Waals surface area (Å²) >= 11 is 0. The van der Waals surface area contributed by atoms with Gasteiger partial charge in [0.25, 0.3) is 0 Å². The maximum absolute atomic E-state index is 13.0. The van der Waals surface area contributed by atoms with E-state index in [0.29, 0.717) is 0 Å². The van der Waals surface area contributed by atoms with Crippen molar-refractivity contribution in [2.24, 2.45) is 5.73 Å². The molecule has 4 heteroatoms. The van der Waals surface area contributed by atoms with E-state index in [1.807, 2.05) is 0 Å². The molecule has 0 aliphatic heterocycles. The van der Waals surface area contributed by atoms with Crippen LogP contribution >= 0.6 is 0 Å². The Kier molecular flexibility index (Phi) is 2.15. The van der Waals surface area contributed by atoms with E-state index < -0.39 is 11.6 Å². The number of hydrogen-bond acceptors (Lipinski definition) is 2. The molecule has 2 N–H and O–H groups in total. The molecule has 0 spiro atoms. The van der Waals surface area contributed by atoms with Crippen molar-refractivity contribution in [1.82, 2.24) is 0 Å². The minimum atomic E-state index is -0.560. The number of nitrogens with two attached hydrogens (primary N) is 1. The van der Waals surface area contributed by atoms with Crippen LogP contribution in [0, 0.1) is 11.6 Å². The van der Waals surface area contributed by atoms with Gasteiger partial charge in [-0.05, 0) is 25.0 Å². The van der Waals surface area contributed by atoms with Gasteiger partial charge in [-0.25, -0.2) is 8.78 Å². The molecule has 0 bridgehead atoms. The Balaban J connectivity index is 2.04. The maximum atomic E-state index is 13.0. The minimum Gasteiger partial charge on any atom is -0.488 e. The first-order valence-electron chi connectivity index (χ1n) is 4.46. The summed E-state index contributed by atoms with van der Waals surface area (Å²) in [5, 5.41) is 0. The molecule has 2 nitrogen and oxygen atoms in total. The fourth-order valence-electron chi connectivity index (χ4n) is 1.11. The van der Waals surface area contributed by atoms with E-state index in [1.165, 1.54) is 0 Å². The van der Waals surface area contributed by atoms with Gasteiger partial charge in [-0.3, -0.25) is 0 Å². The first-order valence-corrected chi connectivity index (χ1v) is 4.46. The fraction of sp³-hybridized carbons (Fsp3) is 0.400. The van der Waals surface area contributed by atoms with Crippen molar-refractivity contribution in [1.29, 1.82) is 0 Å². The van der Waals surface area contributed by atoms with Gasteiger partial charge in [0, 0.05) is 6.07 Å². The van der Waals surface area contributed by atoms with Crippen LogP contribution in [0.5, 0.6) is 5.75 Å². The summed E-state index contributed by atoms with van der Waals surface area (Å²) in [6, 6.07) is 3.12. The Labute approximate surface area is 80.7 Å². The molecule has 0 saturated heterocycles. The standard InChI is InChI=1S/C10H11F2NO/c11-7-1-2-8(12)9(5-7)14-6-10(13)3-4-10/h1-2,5H,3-4,6,13H2. The molecular weight excluding hydrogens is 188 g/mol. The molecule has 2 rings (SSSR count). The monoisotopic (exact) mass is 199 g/mol. The lowest BCUT2D eigenvalue weighted by molar-refractivity contribution is 0.266. The quantitative estimate of drug-likeness (QED) is 0.806. The van der Waals surface area contributed by atoms with Crippen LogP contribution in [-0.2, 0) is 0 Å². The van der Waals surface area contributed by atoms with Gasteiger partial charge < -0.3 is 10.5 Å². The molecule has 1 aliphatic rings. The van der Waals surface area contributed by atoms with E-state index in [-0.39, 0.29) is 17.9 Å². The Morgan fingerprint density at radius 2 is 2.07 bits per heavy atom. The smallest absolute Gasteiger partial charge is 0.165 e. The molecule has 0 amide bonds. The van der Waals surface area contributed by atoms with E-state index in [1.54, 1.807) is 0 Å². The molecule has 1 saturated carbocycles. The van der Waals surface area contributed by atoms with Crippen molar-refractivity contribution >= 4 is 0 Å². The first-order chi connectivity index (χ1) is 6.59. The van der Waals surface area contributed by atoms with E-state index in [9.17, 15) is 8.78 Å². The predicted molar refractivity (Wildman–Crippen MR) is 48.0 cm³/mol. The second-order valence-electron chi connectivity index (χ2n) is 3.73. The fourth-order valence-corrected chi connectivity index (χ4v) is 1.11. The Morgan fingerprint density at radius 1 is 1.36 bits per heavy atom. The number of halogens is 2. The highest BCUT2D eigenvalue weighted by molar-refractivity contribution is 5.25. The van der Waals surface area contributed by atoms with Crippen molar-refractivity contribution in [2.45, 2.75) is 18.4 Å². The molecule has 1 fully saturated rings. The zero-order valence-electron chi connectivity index (χ0n) is 7.59. The van der Waals surface area contributed by atoms with Gasteiger partial charge in [-0.2, -0.15) is 0 Å². The number of hydrogen-bond donors (Lipinski definition) is 1. The van der Waals surface area contributed by atoms with Gasteiger partial charge >= 0.3 is 0 Å². The van der Waals surface area contributed by atoms with Gasteiger partial charge in [0.2, 0.25) is 0 Å². The van der Waals surface area contributed by atoms with Gasteiger partial charge in [-0.15, -0.1) is 0 Å². The van der Waals surface area contributed by atoms with Crippen molar-refractivity contribution in [3.05, 3.63) is 29.8 Å². The third-order valence-electron chi connectivity index (χ3n) is 2.30. The normalized spacial score (nSPS) is 17.9. The van der Waals surface area contributed by atoms with E-state index >= 15 is 0 Å². The Morgan fingerprint density at radius 3 is 2.71 bits per heavy atom. The highest BCUT2D eigenvalue weighted by atomic mass is 19.1.